The summed E-state index contributed by atoms with van der Waals surface area (Å²) in [6.07, 6.45) is 5.15. The maximum absolute atomic E-state index is 5.80. The summed E-state index contributed by atoms with van der Waals surface area (Å²) in [5.41, 5.74) is 2.51. The van der Waals surface area contributed by atoms with Crippen LogP contribution in [0, 0.1) is 13.8 Å². The molecule has 1 aliphatic heterocycles. The molecular formula is C15H22O2. The van der Waals surface area contributed by atoms with Gasteiger partial charge in [-0.3, -0.25) is 0 Å². The van der Waals surface area contributed by atoms with Gasteiger partial charge in [0.1, 0.15) is 5.75 Å². The molecule has 0 saturated carbocycles. The van der Waals surface area contributed by atoms with Crippen molar-refractivity contribution in [2.45, 2.75) is 45.6 Å². The number of ether oxygens (including phenoxy) is 2. The Morgan fingerprint density at radius 3 is 2.94 bits per heavy atom. The minimum Gasteiger partial charge on any atom is -0.493 e. The number of hydrogen-bond donors (Lipinski definition) is 0. The van der Waals surface area contributed by atoms with Crippen LogP contribution < -0.4 is 4.74 Å². The Hall–Kier alpha value is -1.02. The van der Waals surface area contributed by atoms with Gasteiger partial charge < -0.3 is 9.47 Å². The predicted octanol–water partition coefficient (Wildman–Crippen LogP) is 3.64. The zero-order valence-electron chi connectivity index (χ0n) is 10.9. The molecule has 2 rings (SSSR count). The lowest BCUT2D eigenvalue weighted by atomic mass is 10.1. The SMILES string of the molecule is Cc1ccc(OCCCC2CCCO2)c(C)c1. The van der Waals surface area contributed by atoms with Gasteiger partial charge >= 0.3 is 0 Å². The Morgan fingerprint density at radius 1 is 1.35 bits per heavy atom. The predicted molar refractivity (Wildman–Crippen MR) is 69.6 cm³/mol. The van der Waals surface area contributed by atoms with E-state index >= 15 is 0 Å². The van der Waals surface area contributed by atoms with Crippen LogP contribution in [0.3, 0.4) is 0 Å². The fourth-order valence-corrected chi connectivity index (χ4v) is 2.33. The number of hydrogen-bond acceptors (Lipinski definition) is 2. The second-order valence-corrected chi connectivity index (χ2v) is 4.89. The van der Waals surface area contributed by atoms with E-state index in [1.807, 2.05) is 0 Å². The highest BCUT2D eigenvalue weighted by Crippen LogP contribution is 2.20. The molecule has 1 fully saturated rings. The molecule has 0 amide bonds. The van der Waals surface area contributed by atoms with E-state index in [4.69, 9.17) is 9.47 Å². The van der Waals surface area contributed by atoms with Crippen LogP contribution >= 0.6 is 0 Å². The summed E-state index contributed by atoms with van der Waals surface area (Å²) in [5, 5.41) is 0. The zero-order valence-corrected chi connectivity index (χ0v) is 10.9. The van der Waals surface area contributed by atoms with Crippen molar-refractivity contribution in [1.82, 2.24) is 0 Å². The van der Waals surface area contributed by atoms with Crippen LogP contribution in [-0.2, 0) is 4.74 Å². The first-order chi connectivity index (χ1) is 8.25. The summed E-state index contributed by atoms with van der Waals surface area (Å²) < 4.78 is 11.4. The zero-order chi connectivity index (χ0) is 12.1. The second kappa shape index (κ2) is 6.06. The van der Waals surface area contributed by atoms with Crippen molar-refractivity contribution in [3.63, 3.8) is 0 Å². The molecule has 0 aromatic heterocycles. The largest absolute Gasteiger partial charge is 0.493 e. The number of rotatable bonds is 5. The number of aryl methyl sites for hydroxylation is 2. The molecule has 1 aliphatic rings. The van der Waals surface area contributed by atoms with Crippen molar-refractivity contribution in [2.24, 2.45) is 0 Å². The van der Waals surface area contributed by atoms with E-state index in [9.17, 15) is 0 Å². The fraction of sp³-hybridized carbons (Fsp3) is 0.600. The second-order valence-electron chi connectivity index (χ2n) is 4.89. The van der Waals surface area contributed by atoms with Gasteiger partial charge in [0.25, 0.3) is 0 Å². The van der Waals surface area contributed by atoms with Gasteiger partial charge in [0, 0.05) is 6.61 Å². The van der Waals surface area contributed by atoms with E-state index < -0.39 is 0 Å². The molecule has 0 aliphatic carbocycles. The molecule has 1 aromatic carbocycles. The third-order valence-corrected chi connectivity index (χ3v) is 3.28. The minimum absolute atomic E-state index is 0.484. The molecule has 1 aromatic rings. The topological polar surface area (TPSA) is 18.5 Å². The van der Waals surface area contributed by atoms with Gasteiger partial charge in [-0.05, 0) is 51.2 Å². The summed E-state index contributed by atoms with van der Waals surface area (Å²) in [6, 6.07) is 6.33. The van der Waals surface area contributed by atoms with Gasteiger partial charge in [-0.15, -0.1) is 0 Å². The van der Waals surface area contributed by atoms with Crippen molar-refractivity contribution in [3.05, 3.63) is 29.3 Å². The molecule has 1 unspecified atom stereocenters. The van der Waals surface area contributed by atoms with Gasteiger partial charge in [-0.1, -0.05) is 17.7 Å². The van der Waals surface area contributed by atoms with E-state index in [1.165, 1.54) is 24.0 Å². The van der Waals surface area contributed by atoms with Gasteiger partial charge in [0.05, 0.1) is 12.7 Å². The molecule has 0 radical (unpaired) electrons. The maximum atomic E-state index is 5.80. The van der Waals surface area contributed by atoms with E-state index in [0.29, 0.717) is 6.10 Å². The molecule has 2 nitrogen and oxygen atoms in total. The Bertz CT molecular complexity index is 354. The van der Waals surface area contributed by atoms with Crippen molar-refractivity contribution in [3.8, 4) is 5.75 Å². The van der Waals surface area contributed by atoms with Crippen LogP contribution in [-0.4, -0.2) is 19.3 Å². The molecule has 94 valence electrons. The van der Waals surface area contributed by atoms with Crippen molar-refractivity contribution in [1.29, 1.82) is 0 Å². The van der Waals surface area contributed by atoms with Gasteiger partial charge in [0.15, 0.2) is 0 Å². The molecule has 1 atom stereocenters. The Kier molecular flexibility index (Phi) is 4.43. The Balaban J connectivity index is 1.70. The summed E-state index contributed by atoms with van der Waals surface area (Å²) in [6.45, 7) is 5.95. The Morgan fingerprint density at radius 2 is 2.24 bits per heavy atom. The van der Waals surface area contributed by atoms with E-state index in [1.54, 1.807) is 0 Å². The normalized spacial score (nSPS) is 19.5. The van der Waals surface area contributed by atoms with Gasteiger partial charge in [-0.25, -0.2) is 0 Å². The average molecular weight is 234 g/mol. The first-order valence-electron chi connectivity index (χ1n) is 6.57. The molecule has 1 saturated heterocycles. The summed E-state index contributed by atoms with van der Waals surface area (Å²) >= 11 is 0. The molecular weight excluding hydrogens is 212 g/mol. The molecule has 2 heteroatoms. The molecule has 0 N–H and O–H groups in total. The molecule has 1 heterocycles. The van der Waals surface area contributed by atoms with Crippen LogP contribution in [0.25, 0.3) is 0 Å². The summed E-state index contributed by atoms with van der Waals surface area (Å²) in [5.74, 6) is 1.02. The van der Waals surface area contributed by atoms with Crippen molar-refractivity contribution < 1.29 is 9.47 Å². The maximum Gasteiger partial charge on any atom is 0.122 e. The van der Waals surface area contributed by atoms with Crippen LogP contribution in [0.5, 0.6) is 5.75 Å². The smallest absolute Gasteiger partial charge is 0.122 e. The first kappa shape index (κ1) is 12.4. The highest BCUT2D eigenvalue weighted by atomic mass is 16.5. The lowest BCUT2D eigenvalue weighted by molar-refractivity contribution is 0.0981. The lowest BCUT2D eigenvalue weighted by Crippen LogP contribution is -2.08. The Labute approximate surface area is 104 Å². The fourth-order valence-electron chi connectivity index (χ4n) is 2.33. The standard InChI is InChI=1S/C15H22O2/c1-12-7-8-15(13(2)11-12)17-10-4-6-14-5-3-9-16-14/h7-8,11,14H,3-6,9-10H2,1-2H3. The quantitative estimate of drug-likeness (QED) is 0.724. The number of benzene rings is 1. The average Bonchev–Trinajstić information content (AvgIpc) is 2.79. The monoisotopic (exact) mass is 234 g/mol. The van der Waals surface area contributed by atoms with Gasteiger partial charge in [-0.2, -0.15) is 0 Å². The summed E-state index contributed by atoms with van der Waals surface area (Å²) in [7, 11) is 0. The molecule has 0 bridgehead atoms. The minimum atomic E-state index is 0.484. The highest BCUT2D eigenvalue weighted by molar-refractivity contribution is 5.35. The van der Waals surface area contributed by atoms with Crippen LogP contribution in [0.2, 0.25) is 0 Å². The molecule has 0 spiro atoms. The van der Waals surface area contributed by atoms with E-state index in [0.717, 1.165) is 31.8 Å². The summed E-state index contributed by atoms with van der Waals surface area (Å²) in [4.78, 5) is 0. The van der Waals surface area contributed by atoms with Crippen molar-refractivity contribution >= 4 is 0 Å². The van der Waals surface area contributed by atoms with E-state index in [2.05, 4.69) is 32.0 Å². The van der Waals surface area contributed by atoms with Crippen LogP contribution in [0.1, 0.15) is 36.8 Å². The molecule has 17 heavy (non-hydrogen) atoms. The van der Waals surface area contributed by atoms with Crippen LogP contribution in [0.15, 0.2) is 18.2 Å². The third-order valence-electron chi connectivity index (χ3n) is 3.28. The lowest BCUT2D eigenvalue weighted by Gasteiger charge is -2.11. The van der Waals surface area contributed by atoms with Gasteiger partial charge in [0.2, 0.25) is 0 Å². The van der Waals surface area contributed by atoms with E-state index in [-0.39, 0.29) is 0 Å². The van der Waals surface area contributed by atoms with Crippen molar-refractivity contribution in [2.75, 3.05) is 13.2 Å². The highest BCUT2D eigenvalue weighted by Gasteiger charge is 2.14. The van der Waals surface area contributed by atoms with Crippen LogP contribution in [0.4, 0.5) is 0 Å². The third kappa shape index (κ3) is 3.74. The first-order valence-corrected chi connectivity index (χ1v) is 6.57.